The van der Waals surface area contributed by atoms with Crippen LogP contribution < -0.4 is 16.2 Å². The number of nitrogens with one attached hydrogen (secondary N) is 3. The van der Waals surface area contributed by atoms with Crippen molar-refractivity contribution in [3.8, 4) is 0 Å². The molecule has 0 spiro atoms. The minimum atomic E-state index is -0.795. The van der Waals surface area contributed by atoms with Crippen LogP contribution in [0.3, 0.4) is 0 Å². The highest BCUT2D eigenvalue weighted by molar-refractivity contribution is 7.80. The number of benzene rings is 2. The van der Waals surface area contributed by atoms with Gasteiger partial charge in [-0.05, 0) is 49.8 Å². The lowest BCUT2D eigenvalue weighted by molar-refractivity contribution is 0.0942. The number of carbonyl (C=O) groups excluding carboxylic acids is 1. The van der Waals surface area contributed by atoms with E-state index in [1.165, 1.54) is 6.07 Å². The van der Waals surface area contributed by atoms with Crippen molar-refractivity contribution in [3.05, 3.63) is 70.9 Å². The Morgan fingerprint density at radius 1 is 1.07 bits per heavy atom. The third-order valence-electron chi connectivity index (χ3n) is 4.03. The summed E-state index contributed by atoms with van der Waals surface area (Å²) >= 11 is 5.03. The van der Waals surface area contributed by atoms with Gasteiger partial charge in [0.05, 0.1) is 22.5 Å². The number of aryl methyl sites for hydroxylation is 2. The first-order valence-corrected chi connectivity index (χ1v) is 8.46. The Labute approximate surface area is 159 Å². The van der Waals surface area contributed by atoms with Gasteiger partial charge in [0.15, 0.2) is 5.11 Å². The van der Waals surface area contributed by atoms with Gasteiger partial charge in [0.2, 0.25) is 0 Å². The zero-order valence-electron chi connectivity index (χ0n) is 14.6. The lowest BCUT2D eigenvalue weighted by Crippen LogP contribution is -2.44. The fourth-order valence-electron chi connectivity index (χ4n) is 2.79. The first kappa shape index (κ1) is 18.7. The summed E-state index contributed by atoms with van der Waals surface area (Å²) in [6, 6.07) is 10.6. The number of anilines is 1. The van der Waals surface area contributed by atoms with Gasteiger partial charge >= 0.3 is 0 Å². The van der Waals surface area contributed by atoms with E-state index in [1.54, 1.807) is 6.92 Å². The van der Waals surface area contributed by atoms with Gasteiger partial charge in [0.25, 0.3) is 5.91 Å². The number of thiocarbonyl (C=S) groups is 1. The molecular weight excluding hydrogens is 370 g/mol. The molecule has 0 saturated heterocycles. The lowest BCUT2D eigenvalue weighted by atomic mass is 10.0. The number of fused-ring (bicyclic) bond motifs is 1. The number of nitrogens with zero attached hydrogens (tertiary/aromatic N) is 1. The molecule has 0 aliphatic heterocycles. The fourth-order valence-corrected chi connectivity index (χ4v) is 2.95. The molecule has 0 saturated carbocycles. The summed E-state index contributed by atoms with van der Waals surface area (Å²) in [5, 5.41) is 3.38. The third kappa shape index (κ3) is 4.01. The van der Waals surface area contributed by atoms with Crippen LogP contribution in [0, 0.1) is 25.5 Å². The molecule has 1 aromatic heterocycles. The first-order valence-electron chi connectivity index (χ1n) is 8.05. The predicted octanol–water partition coefficient (Wildman–Crippen LogP) is 3.76. The number of aromatic nitrogens is 1. The molecule has 0 aliphatic carbocycles. The molecule has 3 aromatic rings. The normalized spacial score (nSPS) is 10.5. The molecule has 0 aliphatic rings. The summed E-state index contributed by atoms with van der Waals surface area (Å²) < 4.78 is 26.6. The highest BCUT2D eigenvalue weighted by Gasteiger charge is 2.16. The number of carbonyl (C=O) groups is 1. The van der Waals surface area contributed by atoms with Gasteiger partial charge < -0.3 is 5.32 Å². The highest BCUT2D eigenvalue weighted by Crippen LogP contribution is 2.22. The van der Waals surface area contributed by atoms with Crippen molar-refractivity contribution in [1.82, 2.24) is 15.8 Å². The van der Waals surface area contributed by atoms with Gasteiger partial charge in [-0.1, -0.05) is 18.2 Å². The molecule has 1 amide bonds. The van der Waals surface area contributed by atoms with Crippen LogP contribution in [0.5, 0.6) is 0 Å². The van der Waals surface area contributed by atoms with E-state index in [0.717, 1.165) is 28.6 Å². The smallest absolute Gasteiger partial charge is 0.271 e. The van der Waals surface area contributed by atoms with Crippen molar-refractivity contribution in [2.75, 3.05) is 5.32 Å². The molecule has 0 unspecified atom stereocenters. The summed E-state index contributed by atoms with van der Waals surface area (Å²) in [5.41, 5.74) is 7.57. The topological polar surface area (TPSA) is 66.0 Å². The van der Waals surface area contributed by atoms with Crippen LogP contribution in [0.2, 0.25) is 0 Å². The third-order valence-corrected chi connectivity index (χ3v) is 4.23. The van der Waals surface area contributed by atoms with Crippen LogP contribution in [0.1, 0.15) is 21.6 Å². The van der Waals surface area contributed by atoms with Crippen LogP contribution in [0.15, 0.2) is 42.5 Å². The zero-order valence-corrected chi connectivity index (χ0v) is 15.4. The first-order chi connectivity index (χ1) is 12.9. The maximum absolute atomic E-state index is 13.6. The van der Waals surface area contributed by atoms with Crippen LogP contribution in [-0.2, 0) is 0 Å². The van der Waals surface area contributed by atoms with Crippen molar-refractivity contribution in [1.29, 1.82) is 0 Å². The maximum Gasteiger partial charge on any atom is 0.271 e. The van der Waals surface area contributed by atoms with Crippen LogP contribution in [-0.4, -0.2) is 16.0 Å². The fraction of sp³-hybridized carbons (Fsp3) is 0.105. The van der Waals surface area contributed by atoms with E-state index in [-0.39, 0.29) is 10.8 Å². The van der Waals surface area contributed by atoms with Crippen LogP contribution >= 0.6 is 12.2 Å². The van der Waals surface area contributed by atoms with E-state index in [2.05, 4.69) is 21.2 Å². The minimum Gasteiger partial charge on any atom is -0.329 e. The molecule has 3 N–H and O–H groups in total. The standard InChI is InChI=1S/C19H16F2N4OS/c1-10-13-5-3-4-6-15(13)22-11(2)17(10)18(26)24-25-19(27)23-16-8-7-12(20)9-14(16)21/h3-9H,1-2H3,(H,24,26)(H2,23,25,27). The van der Waals surface area contributed by atoms with Gasteiger partial charge in [-0.15, -0.1) is 0 Å². The molecule has 138 valence electrons. The van der Waals surface area contributed by atoms with E-state index in [9.17, 15) is 13.6 Å². The minimum absolute atomic E-state index is 0.0112. The summed E-state index contributed by atoms with van der Waals surface area (Å²) in [6.45, 7) is 3.59. The number of hydrogen-bond donors (Lipinski definition) is 3. The van der Waals surface area contributed by atoms with E-state index in [0.29, 0.717) is 11.3 Å². The molecule has 0 radical (unpaired) electrons. The lowest BCUT2D eigenvalue weighted by Gasteiger charge is -2.15. The van der Waals surface area contributed by atoms with Crippen molar-refractivity contribution in [3.63, 3.8) is 0 Å². The summed E-state index contributed by atoms with van der Waals surface area (Å²) in [5.74, 6) is -1.91. The van der Waals surface area contributed by atoms with E-state index >= 15 is 0 Å². The van der Waals surface area contributed by atoms with Gasteiger partial charge in [-0.3, -0.25) is 20.6 Å². The average molecular weight is 386 g/mol. The van der Waals surface area contributed by atoms with Crippen molar-refractivity contribution in [2.45, 2.75) is 13.8 Å². The second-order valence-electron chi connectivity index (χ2n) is 5.87. The van der Waals surface area contributed by atoms with Crippen molar-refractivity contribution in [2.24, 2.45) is 0 Å². The average Bonchev–Trinajstić information content (AvgIpc) is 2.62. The number of rotatable bonds is 2. The maximum atomic E-state index is 13.6. The molecule has 3 rings (SSSR count). The number of amides is 1. The van der Waals surface area contributed by atoms with E-state index < -0.39 is 17.5 Å². The SMILES string of the molecule is Cc1nc2ccccc2c(C)c1C(=O)NNC(=S)Nc1ccc(F)cc1F. The predicted molar refractivity (Wildman–Crippen MR) is 104 cm³/mol. The van der Waals surface area contributed by atoms with Crippen molar-refractivity contribution < 1.29 is 13.6 Å². The number of hydrogen-bond acceptors (Lipinski definition) is 3. The Hall–Kier alpha value is -3.13. The second kappa shape index (κ2) is 7.63. The summed E-state index contributed by atoms with van der Waals surface area (Å²) in [6.07, 6.45) is 0. The Balaban J connectivity index is 1.72. The molecular formula is C19H16F2N4OS. The number of hydrazine groups is 1. The van der Waals surface area contributed by atoms with Gasteiger partial charge in [-0.2, -0.15) is 0 Å². The summed E-state index contributed by atoms with van der Waals surface area (Å²) in [7, 11) is 0. The molecule has 8 heteroatoms. The molecule has 1 heterocycles. The van der Waals surface area contributed by atoms with E-state index in [1.807, 2.05) is 31.2 Å². The van der Waals surface area contributed by atoms with Gasteiger partial charge in [0, 0.05) is 11.5 Å². The molecule has 2 aromatic carbocycles. The van der Waals surface area contributed by atoms with Crippen molar-refractivity contribution >= 4 is 39.8 Å². The highest BCUT2D eigenvalue weighted by atomic mass is 32.1. The van der Waals surface area contributed by atoms with E-state index in [4.69, 9.17) is 12.2 Å². The molecule has 0 fully saturated rings. The molecule has 0 atom stereocenters. The number of pyridine rings is 1. The Kier molecular flexibility index (Phi) is 5.27. The Bertz CT molecular complexity index is 1060. The second-order valence-corrected chi connectivity index (χ2v) is 6.28. The Morgan fingerprint density at radius 2 is 1.81 bits per heavy atom. The monoisotopic (exact) mass is 386 g/mol. The Morgan fingerprint density at radius 3 is 2.56 bits per heavy atom. The van der Waals surface area contributed by atoms with Gasteiger partial charge in [0.1, 0.15) is 11.6 Å². The molecule has 0 bridgehead atoms. The number of halogens is 2. The number of para-hydroxylation sites is 1. The summed E-state index contributed by atoms with van der Waals surface area (Å²) in [4.78, 5) is 17.0. The quantitative estimate of drug-likeness (QED) is 0.462. The molecule has 27 heavy (non-hydrogen) atoms. The zero-order chi connectivity index (χ0) is 19.6. The van der Waals surface area contributed by atoms with Crippen LogP contribution in [0.25, 0.3) is 10.9 Å². The molecule has 5 nitrogen and oxygen atoms in total. The van der Waals surface area contributed by atoms with Gasteiger partial charge in [-0.25, -0.2) is 8.78 Å². The largest absolute Gasteiger partial charge is 0.329 e. The van der Waals surface area contributed by atoms with Crippen LogP contribution in [0.4, 0.5) is 14.5 Å².